The number of amides is 1. The maximum absolute atomic E-state index is 11.9. The van der Waals surface area contributed by atoms with Crippen molar-refractivity contribution in [3.05, 3.63) is 34.4 Å². The molecule has 0 unspecified atom stereocenters. The average Bonchev–Trinajstić information content (AvgIpc) is 2.49. The van der Waals surface area contributed by atoms with Gasteiger partial charge in [0.25, 0.3) is 5.69 Å². The van der Waals surface area contributed by atoms with Crippen LogP contribution in [-0.2, 0) is 14.8 Å². The van der Waals surface area contributed by atoms with Crippen LogP contribution in [0.5, 0.6) is 0 Å². The first-order valence-corrected chi connectivity index (χ1v) is 8.36. The Kier molecular flexibility index (Phi) is 6.93. The maximum atomic E-state index is 11.9. The summed E-state index contributed by atoms with van der Waals surface area (Å²) >= 11 is 0. The molecule has 0 radical (unpaired) electrons. The van der Waals surface area contributed by atoms with Crippen LogP contribution in [0.15, 0.2) is 29.2 Å². The molecule has 2 N–H and O–H groups in total. The minimum Gasteiger partial charge on any atom is -0.355 e. The van der Waals surface area contributed by atoms with E-state index < -0.39 is 14.9 Å². The number of rotatable bonds is 9. The molecule has 122 valence electrons. The fraction of sp³-hybridized carbons (Fsp3) is 0.462. The predicted molar refractivity (Wildman–Crippen MR) is 80.8 cm³/mol. The molecule has 22 heavy (non-hydrogen) atoms. The smallest absolute Gasteiger partial charge is 0.269 e. The summed E-state index contributed by atoms with van der Waals surface area (Å²) in [5.74, 6) is -0.114. The van der Waals surface area contributed by atoms with Crippen LogP contribution in [-0.4, -0.2) is 32.3 Å². The van der Waals surface area contributed by atoms with E-state index in [-0.39, 0.29) is 29.6 Å². The normalized spacial score (nSPS) is 11.1. The summed E-state index contributed by atoms with van der Waals surface area (Å²) in [6, 6.07) is 4.59. The molecule has 0 spiro atoms. The number of sulfonamides is 1. The van der Waals surface area contributed by atoms with Crippen molar-refractivity contribution < 1.29 is 18.1 Å². The molecule has 0 atom stereocenters. The molecular formula is C13H19N3O5S. The topological polar surface area (TPSA) is 118 Å². The monoisotopic (exact) mass is 329 g/mol. The standard InChI is InChI=1S/C13H19N3O5S/c1-2-3-4-13(17)14-9-10-15-22(20,21)12-7-5-11(6-8-12)16(18)19/h5-8,15H,2-4,9-10H2,1H3,(H,14,17). The van der Waals surface area contributed by atoms with Crippen molar-refractivity contribution >= 4 is 21.6 Å². The highest BCUT2D eigenvalue weighted by molar-refractivity contribution is 7.89. The molecular weight excluding hydrogens is 310 g/mol. The summed E-state index contributed by atoms with van der Waals surface area (Å²) in [6.07, 6.45) is 2.13. The number of nitro benzene ring substituents is 1. The zero-order valence-corrected chi connectivity index (χ0v) is 13.1. The van der Waals surface area contributed by atoms with Crippen LogP contribution >= 0.6 is 0 Å². The van der Waals surface area contributed by atoms with Gasteiger partial charge in [-0.05, 0) is 18.6 Å². The number of carbonyl (C=O) groups excluding carboxylic acids is 1. The van der Waals surface area contributed by atoms with Crippen molar-refractivity contribution in [1.82, 2.24) is 10.0 Å². The van der Waals surface area contributed by atoms with Gasteiger partial charge in [-0.1, -0.05) is 13.3 Å². The Morgan fingerprint density at radius 1 is 1.23 bits per heavy atom. The molecule has 1 amide bonds. The first-order chi connectivity index (χ1) is 10.4. The Morgan fingerprint density at radius 3 is 2.41 bits per heavy atom. The Hall–Kier alpha value is -2.00. The van der Waals surface area contributed by atoms with E-state index >= 15 is 0 Å². The van der Waals surface area contributed by atoms with Crippen LogP contribution in [0.2, 0.25) is 0 Å². The molecule has 1 rings (SSSR count). The van der Waals surface area contributed by atoms with Gasteiger partial charge in [0.15, 0.2) is 0 Å². The highest BCUT2D eigenvalue weighted by Gasteiger charge is 2.15. The number of non-ortho nitro benzene ring substituents is 1. The molecule has 0 aliphatic heterocycles. The van der Waals surface area contributed by atoms with Crippen molar-refractivity contribution in [2.75, 3.05) is 13.1 Å². The molecule has 0 aromatic heterocycles. The molecule has 0 aliphatic rings. The van der Waals surface area contributed by atoms with Gasteiger partial charge in [-0.15, -0.1) is 0 Å². The molecule has 0 fully saturated rings. The van der Waals surface area contributed by atoms with Gasteiger partial charge in [0.1, 0.15) is 0 Å². The summed E-state index contributed by atoms with van der Waals surface area (Å²) < 4.78 is 26.2. The number of hydrogen-bond acceptors (Lipinski definition) is 5. The van der Waals surface area contributed by atoms with E-state index in [0.29, 0.717) is 6.42 Å². The van der Waals surface area contributed by atoms with Crippen LogP contribution in [0.4, 0.5) is 5.69 Å². The van der Waals surface area contributed by atoms with E-state index in [1.54, 1.807) is 0 Å². The zero-order valence-electron chi connectivity index (χ0n) is 12.2. The predicted octanol–water partition coefficient (Wildman–Crippen LogP) is 1.18. The van der Waals surface area contributed by atoms with E-state index in [4.69, 9.17) is 0 Å². The molecule has 0 bridgehead atoms. The second kappa shape index (κ2) is 8.44. The van der Waals surface area contributed by atoms with Crippen LogP contribution in [0.3, 0.4) is 0 Å². The molecule has 8 nitrogen and oxygen atoms in total. The van der Waals surface area contributed by atoms with Crippen LogP contribution in [0.25, 0.3) is 0 Å². The molecule has 0 saturated heterocycles. The van der Waals surface area contributed by atoms with Gasteiger partial charge >= 0.3 is 0 Å². The summed E-state index contributed by atoms with van der Waals surface area (Å²) in [6.45, 7) is 2.22. The fourth-order valence-corrected chi connectivity index (χ4v) is 2.68. The second-order valence-electron chi connectivity index (χ2n) is 4.60. The third kappa shape index (κ3) is 5.78. The Morgan fingerprint density at radius 2 is 1.86 bits per heavy atom. The molecule has 1 aromatic carbocycles. The Balaban J connectivity index is 2.47. The molecule has 0 aliphatic carbocycles. The summed E-state index contributed by atoms with van der Waals surface area (Å²) in [4.78, 5) is 21.2. The van der Waals surface area contributed by atoms with Gasteiger partial charge in [0.2, 0.25) is 15.9 Å². The molecule has 9 heteroatoms. The van der Waals surface area contributed by atoms with Crippen LogP contribution in [0.1, 0.15) is 26.2 Å². The highest BCUT2D eigenvalue weighted by atomic mass is 32.2. The summed E-state index contributed by atoms with van der Waals surface area (Å²) in [7, 11) is -3.74. The van der Waals surface area contributed by atoms with Gasteiger partial charge in [-0.3, -0.25) is 14.9 Å². The van der Waals surface area contributed by atoms with Gasteiger partial charge in [-0.25, -0.2) is 13.1 Å². The highest BCUT2D eigenvalue weighted by Crippen LogP contribution is 2.15. The van der Waals surface area contributed by atoms with Crippen molar-refractivity contribution in [2.24, 2.45) is 0 Å². The number of nitrogens with zero attached hydrogens (tertiary/aromatic N) is 1. The quantitative estimate of drug-likeness (QED) is 0.400. The zero-order chi connectivity index (χ0) is 16.6. The van der Waals surface area contributed by atoms with Gasteiger partial charge in [0, 0.05) is 31.6 Å². The first-order valence-electron chi connectivity index (χ1n) is 6.87. The first kappa shape index (κ1) is 18.1. The minimum absolute atomic E-state index is 0.0528. The lowest BCUT2D eigenvalue weighted by Crippen LogP contribution is -2.34. The van der Waals surface area contributed by atoms with Crippen LogP contribution in [0, 0.1) is 10.1 Å². The third-order valence-electron chi connectivity index (χ3n) is 2.85. The number of hydrogen-bond donors (Lipinski definition) is 2. The van der Waals surface area contributed by atoms with Crippen molar-refractivity contribution in [3.63, 3.8) is 0 Å². The number of carbonyl (C=O) groups is 1. The Bertz CT molecular complexity index is 613. The number of nitrogens with one attached hydrogen (secondary N) is 2. The van der Waals surface area contributed by atoms with E-state index in [0.717, 1.165) is 25.0 Å². The molecule has 0 heterocycles. The van der Waals surface area contributed by atoms with E-state index in [1.807, 2.05) is 6.92 Å². The van der Waals surface area contributed by atoms with Crippen molar-refractivity contribution in [2.45, 2.75) is 31.1 Å². The lowest BCUT2D eigenvalue weighted by molar-refractivity contribution is -0.384. The molecule has 1 aromatic rings. The number of benzene rings is 1. The average molecular weight is 329 g/mol. The van der Waals surface area contributed by atoms with Gasteiger partial charge in [-0.2, -0.15) is 0 Å². The van der Waals surface area contributed by atoms with Crippen LogP contribution < -0.4 is 10.0 Å². The fourth-order valence-electron chi connectivity index (χ4n) is 1.64. The number of nitro groups is 1. The second-order valence-corrected chi connectivity index (χ2v) is 6.37. The molecule has 0 saturated carbocycles. The summed E-state index contributed by atoms with van der Waals surface area (Å²) in [5, 5.41) is 13.1. The van der Waals surface area contributed by atoms with E-state index in [9.17, 15) is 23.3 Å². The third-order valence-corrected chi connectivity index (χ3v) is 4.33. The Labute approximate surface area is 129 Å². The maximum Gasteiger partial charge on any atom is 0.269 e. The van der Waals surface area contributed by atoms with Crippen molar-refractivity contribution in [3.8, 4) is 0 Å². The SMILES string of the molecule is CCCCC(=O)NCCNS(=O)(=O)c1ccc([N+](=O)[O-])cc1. The van der Waals surface area contributed by atoms with Gasteiger partial charge in [0.05, 0.1) is 9.82 Å². The largest absolute Gasteiger partial charge is 0.355 e. The van der Waals surface area contributed by atoms with Crippen molar-refractivity contribution in [1.29, 1.82) is 0 Å². The summed E-state index contributed by atoms with van der Waals surface area (Å²) in [5.41, 5.74) is -0.179. The van der Waals surface area contributed by atoms with Gasteiger partial charge < -0.3 is 5.32 Å². The number of unbranched alkanes of at least 4 members (excludes halogenated alkanes) is 1. The van der Waals surface area contributed by atoms with E-state index in [2.05, 4.69) is 10.0 Å². The lowest BCUT2D eigenvalue weighted by atomic mass is 10.2. The minimum atomic E-state index is -3.74. The lowest BCUT2D eigenvalue weighted by Gasteiger charge is -2.08. The van der Waals surface area contributed by atoms with E-state index in [1.165, 1.54) is 12.1 Å².